The summed E-state index contributed by atoms with van der Waals surface area (Å²) >= 11 is 0. The van der Waals surface area contributed by atoms with Gasteiger partial charge in [-0.2, -0.15) is 13.2 Å². The number of aliphatic hydroxyl groups is 2. The molecule has 14 heteroatoms. The minimum atomic E-state index is -4.68. The molecule has 0 unspecified atom stereocenters. The molecule has 4 rings (SSSR count). The Morgan fingerprint density at radius 1 is 0.708 bits per heavy atom. The fourth-order valence-electron chi connectivity index (χ4n) is 5.26. The van der Waals surface area contributed by atoms with Gasteiger partial charge in [0.2, 0.25) is 5.75 Å². The van der Waals surface area contributed by atoms with Crippen molar-refractivity contribution in [2.75, 3.05) is 55.9 Å². The first kappa shape index (κ1) is 35.6. The third-order valence-corrected chi connectivity index (χ3v) is 7.51. The zero-order valence-electron chi connectivity index (χ0n) is 26.8. The highest BCUT2D eigenvalue weighted by molar-refractivity contribution is 6.25. The fraction of sp³-hybridized carbons (Fsp3) is 0.294. The largest absolute Gasteiger partial charge is 0.493 e. The van der Waals surface area contributed by atoms with E-state index in [0.29, 0.717) is 5.75 Å². The second-order valence-corrected chi connectivity index (χ2v) is 10.1. The molecule has 256 valence electrons. The zero-order valence-corrected chi connectivity index (χ0v) is 26.8. The van der Waals surface area contributed by atoms with E-state index in [2.05, 4.69) is 0 Å². The number of ether oxygens (including phenoxy) is 7. The predicted octanol–water partition coefficient (Wildman–Crippen LogP) is 5.32. The number of carbonyl (C=O) groups excluding carboxylic acids is 2. The number of hydrogen-bond acceptors (Lipinski definition) is 11. The van der Waals surface area contributed by atoms with Crippen molar-refractivity contribution in [1.82, 2.24) is 0 Å². The van der Waals surface area contributed by atoms with Crippen molar-refractivity contribution in [3.05, 3.63) is 70.8 Å². The molecule has 48 heavy (non-hydrogen) atoms. The molecule has 0 aromatic heterocycles. The summed E-state index contributed by atoms with van der Waals surface area (Å²) in [6.45, 7) is -1.44. The minimum Gasteiger partial charge on any atom is -0.493 e. The van der Waals surface area contributed by atoms with Gasteiger partial charge in [0, 0.05) is 21.9 Å². The lowest BCUT2D eigenvalue weighted by molar-refractivity contribution is -0.137. The van der Waals surface area contributed by atoms with Crippen molar-refractivity contribution in [1.29, 1.82) is 0 Å². The summed E-state index contributed by atoms with van der Waals surface area (Å²) in [6.07, 6.45) is -6.00. The molecule has 11 nitrogen and oxygen atoms in total. The van der Waals surface area contributed by atoms with E-state index < -0.39 is 48.4 Å². The van der Waals surface area contributed by atoms with Crippen molar-refractivity contribution in [2.45, 2.75) is 12.3 Å². The molecule has 0 spiro atoms. The predicted molar refractivity (Wildman–Crippen MR) is 167 cm³/mol. The third-order valence-electron chi connectivity index (χ3n) is 7.51. The van der Waals surface area contributed by atoms with Crippen LogP contribution in [0.5, 0.6) is 34.5 Å². The highest BCUT2D eigenvalue weighted by atomic mass is 19.4. The number of ketones is 1. The summed E-state index contributed by atoms with van der Waals surface area (Å²) in [5, 5.41) is 20.2. The van der Waals surface area contributed by atoms with Gasteiger partial charge in [0.1, 0.15) is 11.9 Å². The maximum Gasteiger partial charge on any atom is 0.416 e. The maximum absolute atomic E-state index is 14.5. The van der Waals surface area contributed by atoms with Crippen molar-refractivity contribution in [3.8, 4) is 45.6 Å². The molecule has 4 aromatic rings. The minimum absolute atomic E-state index is 0.0321. The van der Waals surface area contributed by atoms with E-state index in [9.17, 15) is 33.0 Å². The van der Waals surface area contributed by atoms with Crippen LogP contribution in [0.3, 0.4) is 0 Å². The molecule has 0 atom stereocenters. The van der Waals surface area contributed by atoms with Gasteiger partial charge in [0.05, 0.1) is 72.6 Å². The van der Waals surface area contributed by atoms with Gasteiger partial charge in [-0.25, -0.2) is 4.79 Å². The highest BCUT2D eigenvalue weighted by Crippen LogP contribution is 2.53. The molecule has 2 N–H and O–H groups in total. The maximum atomic E-state index is 14.5. The van der Waals surface area contributed by atoms with Gasteiger partial charge in [-0.3, -0.25) is 4.79 Å². The quantitative estimate of drug-likeness (QED) is 0.141. The number of halogens is 3. The summed E-state index contributed by atoms with van der Waals surface area (Å²) in [5.41, 5.74) is -1.72. The van der Waals surface area contributed by atoms with E-state index in [1.165, 1.54) is 47.7 Å². The molecule has 0 aliphatic carbocycles. The van der Waals surface area contributed by atoms with Gasteiger partial charge in [-0.1, -0.05) is 18.2 Å². The van der Waals surface area contributed by atoms with Crippen molar-refractivity contribution < 1.29 is 66.1 Å². The molecule has 0 amide bonds. The average molecular weight is 675 g/mol. The Balaban J connectivity index is 2.33. The first-order chi connectivity index (χ1) is 22.9. The van der Waals surface area contributed by atoms with Crippen LogP contribution in [-0.4, -0.2) is 83.9 Å². The fourth-order valence-corrected chi connectivity index (χ4v) is 5.26. The standard InChI is InChI=1S/C34H33F3O11/c1-42-22-12-9-18(13-23(22)43-2)25-26-21(14-24(44-3)31(45-4)32(26)46-5)30(48-20(15-38)16-39)28(27(25)33(41)47-6)29(40)17-7-10-19(11-8-17)34(35,36)37/h7-14,20,38-39H,15-16H2,1-6H3. The molecule has 0 aliphatic heterocycles. The molecule has 0 aliphatic rings. The van der Waals surface area contributed by atoms with Crippen LogP contribution in [0.2, 0.25) is 0 Å². The summed E-state index contributed by atoms with van der Waals surface area (Å²) < 4.78 is 79.4. The first-order valence-electron chi connectivity index (χ1n) is 14.2. The number of fused-ring (bicyclic) bond motifs is 1. The van der Waals surface area contributed by atoms with Crippen LogP contribution in [-0.2, 0) is 10.9 Å². The van der Waals surface area contributed by atoms with E-state index in [0.717, 1.165) is 31.4 Å². The number of rotatable bonds is 13. The smallest absolute Gasteiger partial charge is 0.416 e. The van der Waals surface area contributed by atoms with Crippen LogP contribution in [0.15, 0.2) is 48.5 Å². The summed E-state index contributed by atoms with van der Waals surface area (Å²) in [7, 11) is 7.94. The number of carbonyl (C=O) groups is 2. The van der Waals surface area contributed by atoms with Gasteiger partial charge in [-0.05, 0) is 35.9 Å². The summed E-state index contributed by atoms with van der Waals surface area (Å²) in [5.74, 6) is -1.49. The highest BCUT2D eigenvalue weighted by Gasteiger charge is 2.36. The average Bonchev–Trinajstić information content (AvgIpc) is 3.10. The number of alkyl halides is 3. The van der Waals surface area contributed by atoms with Crippen molar-refractivity contribution in [3.63, 3.8) is 0 Å². The number of benzene rings is 4. The van der Waals surface area contributed by atoms with Crippen LogP contribution in [0.1, 0.15) is 31.8 Å². The van der Waals surface area contributed by atoms with Gasteiger partial charge < -0.3 is 43.4 Å². The molecule has 0 saturated carbocycles. The van der Waals surface area contributed by atoms with E-state index in [1.54, 1.807) is 12.1 Å². The SMILES string of the molecule is COC(=O)c1c(C(=O)c2ccc(C(F)(F)F)cc2)c(OC(CO)CO)c2cc(OC)c(OC)c(OC)c2c1-c1ccc(OC)c(OC)c1. The number of aliphatic hydroxyl groups excluding tert-OH is 2. The van der Waals surface area contributed by atoms with Crippen LogP contribution in [0.25, 0.3) is 21.9 Å². The van der Waals surface area contributed by atoms with Crippen molar-refractivity contribution >= 4 is 22.5 Å². The van der Waals surface area contributed by atoms with Gasteiger partial charge in [-0.15, -0.1) is 0 Å². The number of methoxy groups -OCH3 is 6. The normalized spacial score (nSPS) is 11.3. The molecule has 0 bridgehead atoms. The third kappa shape index (κ3) is 6.49. The van der Waals surface area contributed by atoms with Crippen LogP contribution in [0.4, 0.5) is 13.2 Å². The second kappa shape index (κ2) is 14.7. The lowest BCUT2D eigenvalue weighted by Gasteiger charge is -2.26. The van der Waals surface area contributed by atoms with Crippen LogP contribution in [0, 0.1) is 0 Å². The topological polar surface area (TPSA) is 139 Å². The Hall–Kier alpha value is -5.21. The molecule has 0 heterocycles. The van der Waals surface area contributed by atoms with E-state index in [4.69, 9.17) is 33.2 Å². The lowest BCUT2D eigenvalue weighted by Crippen LogP contribution is -2.27. The number of hydrogen-bond donors (Lipinski definition) is 2. The zero-order chi connectivity index (χ0) is 35.3. The number of esters is 1. The molecular weight excluding hydrogens is 641 g/mol. The van der Waals surface area contributed by atoms with Crippen molar-refractivity contribution in [2.24, 2.45) is 0 Å². The molecular formula is C34H33F3O11. The van der Waals surface area contributed by atoms with Gasteiger partial charge >= 0.3 is 12.1 Å². The Bertz CT molecular complexity index is 1820. The first-order valence-corrected chi connectivity index (χ1v) is 14.2. The molecule has 0 saturated heterocycles. The van der Waals surface area contributed by atoms with E-state index in [1.807, 2.05) is 0 Å². The summed E-state index contributed by atoms with van der Waals surface area (Å²) in [6, 6.07) is 9.48. The van der Waals surface area contributed by atoms with E-state index >= 15 is 0 Å². The van der Waals surface area contributed by atoms with Gasteiger partial charge in [0.25, 0.3) is 0 Å². The molecule has 0 radical (unpaired) electrons. The Morgan fingerprint density at radius 3 is 1.81 bits per heavy atom. The Kier molecular flexibility index (Phi) is 10.9. The Morgan fingerprint density at radius 2 is 1.31 bits per heavy atom. The molecule has 0 fully saturated rings. The van der Waals surface area contributed by atoms with E-state index in [-0.39, 0.29) is 61.8 Å². The Labute approximate surface area is 273 Å². The van der Waals surface area contributed by atoms with Crippen LogP contribution < -0.4 is 28.4 Å². The summed E-state index contributed by atoms with van der Waals surface area (Å²) in [4.78, 5) is 28.4. The molecule has 4 aromatic carbocycles. The lowest BCUT2D eigenvalue weighted by atomic mass is 9.85. The monoisotopic (exact) mass is 674 g/mol. The van der Waals surface area contributed by atoms with Gasteiger partial charge in [0.15, 0.2) is 28.8 Å². The second-order valence-electron chi connectivity index (χ2n) is 10.1. The van der Waals surface area contributed by atoms with Crippen LogP contribution >= 0.6 is 0 Å².